The smallest absolute Gasteiger partial charge is 0.243 e. The SMILES string of the molecule is CCNC(=NCc1ccccc1S(=O)(=O)N1CCCCC1)NCC1CCCS1.I. The van der Waals surface area contributed by atoms with Gasteiger partial charge >= 0.3 is 0 Å². The summed E-state index contributed by atoms with van der Waals surface area (Å²) in [6, 6.07) is 7.27. The Balaban J connectivity index is 0.00000300. The lowest BCUT2D eigenvalue weighted by atomic mass is 10.2. The zero-order valence-corrected chi connectivity index (χ0v) is 21.1. The summed E-state index contributed by atoms with van der Waals surface area (Å²) >= 11 is 2.01. The molecular formula is C20H33IN4O2S2. The van der Waals surface area contributed by atoms with Crippen molar-refractivity contribution in [3.05, 3.63) is 29.8 Å². The molecule has 164 valence electrons. The average Bonchev–Trinajstić information content (AvgIpc) is 3.24. The van der Waals surface area contributed by atoms with Gasteiger partial charge in [-0.3, -0.25) is 0 Å². The van der Waals surface area contributed by atoms with E-state index in [0.29, 0.717) is 29.8 Å². The van der Waals surface area contributed by atoms with E-state index < -0.39 is 10.0 Å². The van der Waals surface area contributed by atoms with Crippen LogP contribution < -0.4 is 10.6 Å². The molecule has 6 nitrogen and oxygen atoms in total. The number of guanidine groups is 1. The van der Waals surface area contributed by atoms with Gasteiger partial charge in [0.2, 0.25) is 10.0 Å². The number of halogens is 1. The van der Waals surface area contributed by atoms with Crippen molar-refractivity contribution in [1.82, 2.24) is 14.9 Å². The molecule has 0 bridgehead atoms. The number of benzene rings is 1. The van der Waals surface area contributed by atoms with Crippen LogP contribution in [-0.4, -0.2) is 55.9 Å². The first-order valence-corrected chi connectivity index (χ1v) is 12.8. The van der Waals surface area contributed by atoms with Gasteiger partial charge in [-0.25, -0.2) is 13.4 Å². The Kier molecular flexibility index (Phi) is 10.5. The first-order valence-electron chi connectivity index (χ1n) is 10.3. The first-order chi connectivity index (χ1) is 13.6. The van der Waals surface area contributed by atoms with Crippen molar-refractivity contribution in [2.45, 2.75) is 55.7 Å². The number of piperidine rings is 1. The topological polar surface area (TPSA) is 73.8 Å². The molecule has 0 spiro atoms. The third-order valence-electron chi connectivity index (χ3n) is 5.18. The van der Waals surface area contributed by atoms with Gasteiger partial charge < -0.3 is 10.6 Å². The molecule has 2 fully saturated rings. The molecule has 0 radical (unpaired) electrons. The Hall–Kier alpha value is -0.520. The first kappa shape index (κ1) is 24.7. The number of nitrogens with zero attached hydrogens (tertiary/aromatic N) is 2. The fourth-order valence-electron chi connectivity index (χ4n) is 3.65. The molecule has 0 aliphatic carbocycles. The molecule has 2 N–H and O–H groups in total. The minimum atomic E-state index is -3.46. The summed E-state index contributed by atoms with van der Waals surface area (Å²) in [5, 5.41) is 7.32. The predicted molar refractivity (Wildman–Crippen MR) is 133 cm³/mol. The van der Waals surface area contributed by atoms with Gasteiger partial charge in [0.15, 0.2) is 5.96 Å². The summed E-state index contributed by atoms with van der Waals surface area (Å²) in [5.41, 5.74) is 0.750. The summed E-state index contributed by atoms with van der Waals surface area (Å²) in [7, 11) is -3.46. The van der Waals surface area contributed by atoms with Crippen molar-refractivity contribution < 1.29 is 8.42 Å². The van der Waals surface area contributed by atoms with Crippen LogP contribution in [0.3, 0.4) is 0 Å². The molecule has 0 amide bonds. The maximum atomic E-state index is 13.1. The van der Waals surface area contributed by atoms with Crippen LogP contribution in [0.25, 0.3) is 0 Å². The van der Waals surface area contributed by atoms with E-state index in [-0.39, 0.29) is 24.0 Å². The van der Waals surface area contributed by atoms with Crippen molar-refractivity contribution >= 4 is 51.7 Å². The van der Waals surface area contributed by atoms with Crippen LogP contribution in [0.2, 0.25) is 0 Å². The zero-order chi connectivity index (χ0) is 19.8. The monoisotopic (exact) mass is 552 g/mol. The highest BCUT2D eigenvalue weighted by atomic mass is 127. The highest BCUT2D eigenvalue weighted by Gasteiger charge is 2.27. The average molecular weight is 553 g/mol. The van der Waals surface area contributed by atoms with Crippen molar-refractivity contribution in [1.29, 1.82) is 0 Å². The van der Waals surface area contributed by atoms with Crippen molar-refractivity contribution in [2.75, 3.05) is 31.9 Å². The van der Waals surface area contributed by atoms with Crippen LogP contribution in [0.4, 0.5) is 0 Å². The summed E-state index contributed by atoms with van der Waals surface area (Å²) in [5.74, 6) is 1.99. The fourth-order valence-corrected chi connectivity index (χ4v) is 6.58. The highest BCUT2D eigenvalue weighted by molar-refractivity contribution is 14.0. The Morgan fingerprint density at radius 3 is 2.62 bits per heavy atom. The number of sulfonamides is 1. The minimum Gasteiger partial charge on any atom is -0.357 e. The van der Waals surface area contributed by atoms with E-state index >= 15 is 0 Å². The van der Waals surface area contributed by atoms with E-state index in [1.165, 1.54) is 18.6 Å². The van der Waals surface area contributed by atoms with Gasteiger partial charge in [0, 0.05) is 31.4 Å². The molecule has 2 heterocycles. The maximum absolute atomic E-state index is 13.1. The van der Waals surface area contributed by atoms with Crippen LogP contribution >= 0.6 is 35.7 Å². The third kappa shape index (κ3) is 7.00. The Bertz CT molecular complexity index is 761. The van der Waals surface area contributed by atoms with Crippen LogP contribution in [0, 0.1) is 0 Å². The van der Waals surface area contributed by atoms with Gasteiger partial charge in [-0.05, 0) is 50.0 Å². The summed E-state index contributed by atoms with van der Waals surface area (Å²) < 4.78 is 27.9. The lowest BCUT2D eigenvalue weighted by molar-refractivity contribution is 0.346. The Morgan fingerprint density at radius 2 is 1.93 bits per heavy atom. The lowest BCUT2D eigenvalue weighted by Crippen LogP contribution is -2.40. The van der Waals surface area contributed by atoms with Gasteiger partial charge in [-0.15, -0.1) is 24.0 Å². The van der Waals surface area contributed by atoms with Gasteiger partial charge in [-0.2, -0.15) is 16.1 Å². The van der Waals surface area contributed by atoms with Crippen LogP contribution in [0.1, 0.15) is 44.6 Å². The van der Waals surface area contributed by atoms with E-state index in [2.05, 4.69) is 15.6 Å². The maximum Gasteiger partial charge on any atom is 0.243 e. The number of hydrogen-bond donors (Lipinski definition) is 2. The quantitative estimate of drug-likeness (QED) is 0.308. The minimum absolute atomic E-state index is 0. The molecule has 1 aromatic rings. The number of aliphatic imine (C=N–C) groups is 1. The zero-order valence-electron chi connectivity index (χ0n) is 17.1. The summed E-state index contributed by atoms with van der Waals surface area (Å²) in [6.45, 7) is 5.28. The van der Waals surface area contributed by atoms with E-state index in [0.717, 1.165) is 43.9 Å². The van der Waals surface area contributed by atoms with Crippen LogP contribution in [0.5, 0.6) is 0 Å². The van der Waals surface area contributed by atoms with Crippen molar-refractivity contribution in [2.24, 2.45) is 4.99 Å². The molecule has 29 heavy (non-hydrogen) atoms. The van der Waals surface area contributed by atoms with E-state index in [1.807, 2.05) is 30.8 Å². The van der Waals surface area contributed by atoms with E-state index in [1.54, 1.807) is 16.4 Å². The van der Waals surface area contributed by atoms with Gasteiger partial charge in [0.25, 0.3) is 0 Å². The number of thioether (sulfide) groups is 1. The molecule has 2 aliphatic heterocycles. The number of rotatable bonds is 7. The van der Waals surface area contributed by atoms with Gasteiger partial charge in [0.05, 0.1) is 11.4 Å². The molecule has 9 heteroatoms. The molecule has 2 aliphatic rings. The van der Waals surface area contributed by atoms with Crippen LogP contribution in [0.15, 0.2) is 34.2 Å². The summed E-state index contributed by atoms with van der Waals surface area (Å²) in [4.78, 5) is 5.06. The second kappa shape index (κ2) is 12.4. The van der Waals surface area contributed by atoms with Crippen molar-refractivity contribution in [3.8, 4) is 0 Å². The normalized spacial score (nSPS) is 20.9. The Morgan fingerprint density at radius 1 is 1.17 bits per heavy atom. The lowest BCUT2D eigenvalue weighted by Gasteiger charge is -2.26. The molecule has 1 unspecified atom stereocenters. The van der Waals surface area contributed by atoms with E-state index in [9.17, 15) is 8.42 Å². The molecule has 1 atom stereocenters. The number of nitrogens with one attached hydrogen (secondary N) is 2. The fraction of sp³-hybridized carbons (Fsp3) is 0.650. The largest absolute Gasteiger partial charge is 0.357 e. The van der Waals surface area contributed by atoms with Crippen LogP contribution in [-0.2, 0) is 16.6 Å². The summed E-state index contributed by atoms with van der Waals surface area (Å²) in [6.07, 6.45) is 5.51. The van der Waals surface area contributed by atoms with Crippen molar-refractivity contribution in [3.63, 3.8) is 0 Å². The molecule has 0 saturated carbocycles. The van der Waals surface area contributed by atoms with Gasteiger partial charge in [0.1, 0.15) is 0 Å². The highest BCUT2D eigenvalue weighted by Crippen LogP contribution is 2.25. The third-order valence-corrected chi connectivity index (χ3v) is 8.58. The molecule has 1 aromatic carbocycles. The standard InChI is InChI=1S/C20H32N4O2S2.HI/c1-2-21-20(23-16-18-10-8-14-27-18)22-15-17-9-4-5-11-19(17)28(25,26)24-12-6-3-7-13-24;/h4-5,9,11,18H,2-3,6-8,10,12-16H2,1H3,(H2,21,22,23);1H. The second-order valence-electron chi connectivity index (χ2n) is 7.28. The predicted octanol–water partition coefficient (Wildman–Crippen LogP) is 3.43. The number of hydrogen-bond acceptors (Lipinski definition) is 4. The Labute approximate surface area is 196 Å². The molecule has 3 rings (SSSR count). The second-order valence-corrected chi connectivity index (χ2v) is 10.6. The van der Waals surface area contributed by atoms with E-state index in [4.69, 9.17) is 0 Å². The van der Waals surface area contributed by atoms with Gasteiger partial charge in [-0.1, -0.05) is 24.6 Å². The molecular weight excluding hydrogens is 519 g/mol. The molecule has 0 aromatic heterocycles. The molecule has 2 saturated heterocycles.